The van der Waals surface area contributed by atoms with E-state index in [0.29, 0.717) is 34.0 Å². The van der Waals surface area contributed by atoms with Gasteiger partial charge in [0, 0.05) is 16.8 Å². The molecule has 1 heterocycles. The Balaban J connectivity index is 2.24. The molecule has 0 fully saturated rings. The molecule has 2 aromatic carbocycles. The SMILES string of the molecule is COc1ccc(-c2c(F)cc(N)cc2-c2nnn[nH]2)cc1OC. The minimum absolute atomic E-state index is 0.276. The van der Waals surface area contributed by atoms with Crippen LogP contribution in [-0.2, 0) is 0 Å². The summed E-state index contributed by atoms with van der Waals surface area (Å²) in [6, 6.07) is 7.97. The molecule has 1 aromatic heterocycles. The van der Waals surface area contributed by atoms with Crippen LogP contribution in [-0.4, -0.2) is 34.8 Å². The van der Waals surface area contributed by atoms with Gasteiger partial charge in [0.1, 0.15) is 5.82 Å². The Kier molecular flexibility index (Phi) is 3.80. The number of nitrogens with one attached hydrogen (secondary N) is 1. The van der Waals surface area contributed by atoms with E-state index in [0.717, 1.165) is 0 Å². The highest BCUT2D eigenvalue weighted by molar-refractivity contribution is 5.84. The number of methoxy groups -OCH3 is 2. The average Bonchev–Trinajstić information content (AvgIpc) is 3.08. The van der Waals surface area contributed by atoms with Crippen molar-refractivity contribution in [2.45, 2.75) is 0 Å². The van der Waals surface area contributed by atoms with Crippen LogP contribution in [0, 0.1) is 5.82 Å². The summed E-state index contributed by atoms with van der Waals surface area (Å²) < 4.78 is 25.0. The topological polar surface area (TPSA) is 98.9 Å². The Morgan fingerprint density at radius 3 is 2.52 bits per heavy atom. The predicted octanol–water partition coefficient (Wildman–Crippen LogP) is 2.27. The summed E-state index contributed by atoms with van der Waals surface area (Å²) in [5, 5.41) is 13.5. The number of hydrogen-bond donors (Lipinski definition) is 2. The van der Waals surface area contributed by atoms with Crippen LogP contribution in [0.1, 0.15) is 0 Å². The summed E-state index contributed by atoms with van der Waals surface area (Å²) in [6.45, 7) is 0. The van der Waals surface area contributed by atoms with E-state index in [9.17, 15) is 4.39 Å². The zero-order valence-corrected chi connectivity index (χ0v) is 12.5. The highest BCUT2D eigenvalue weighted by Gasteiger charge is 2.18. The second kappa shape index (κ2) is 5.91. The van der Waals surface area contributed by atoms with Crippen molar-refractivity contribution in [3.05, 3.63) is 36.1 Å². The summed E-state index contributed by atoms with van der Waals surface area (Å²) in [6.07, 6.45) is 0. The number of halogens is 1. The molecule has 0 saturated carbocycles. The first-order valence-corrected chi connectivity index (χ1v) is 6.69. The van der Waals surface area contributed by atoms with Gasteiger partial charge in [-0.3, -0.25) is 0 Å². The molecule has 0 amide bonds. The zero-order valence-electron chi connectivity index (χ0n) is 12.5. The largest absolute Gasteiger partial charge is 0.493 e. The second-order valence-electron chi connectivity index (χ2n) is 4.74. The lowest BCUT2D eigenvalue weighted by atomic mass is 9.97. The number of ether oxygens (including phenoxy) is 2. The molecule has 3 rings (SSSR count). The van der Waals surface area contributed by atoms with Crippen molar-refractivity contribution in [1.82, 2.24) is 20.6 Å². The smallest absolute Gasteiger partial charge is 0.180 e. The number of H-pyrrole nitrogens is 1. The van der Waals surface area contributed by atoms with E-state index in [1.54, 1.807) is 24.3 Å². The van der Waals surface area contributed by atoms with Crippen molar-refractivity contribution in [2.24, 2.45) is 0 Å². The third kappa shape index (κ3) is 2.66. The van der Waals surface area contributed by atoms with Gasteiger partial charge in [-0.05, 0) is 40.3 Å². The number of rotatable bonds is 4. The Bertz CT molecular complexity index is 836. The monoisotopic (exact) mass is 315 g/mol. The first-order chi connectivity index (χ1) is 11.1. The van der Waals surface area contributed by atoms with Crippen LogP contribution in [0.5, 0.6) is 11.5 Å². The van der Waals surface area contributed by atoms with Crippen LogP contribution in [0.3, 0.4) is 0 Å². The van der Waals surface area contributed by atoms with E-state index >= 15 is 0 Å². The van der Waals surface area contributed by atoms with Gasteiger partial charge in [0.05, 0.1) is 14.2 Å². The summed E-state index contributed by atoms with van der Waals surface area (Å²) in [5.41, 5.74) is 7.39. The summed E-state index contributed by atoms with van der Waals surface area (Å²) in [7, 11) is 3.05. The van der Waals surface area contributed by atoms with Crippen molar-refractivity contribution in [1.29, 1.82) is 0 Å². The molecule has 0 aliphatic rings. The molecule has 0 unspecified atom stereocenters. The van der Waals surface area contributed by atoms with Crippen LogP contribution in [0.2, 0.25) is 0 Å². The Hall–Kier alpha value is -3.16. The maximum atomic E-state index is 14.6. The number of benzene rings is 2. The number of nitrogens with two attached hydrogens (primary N) is 1. The highest BCUT2D eigenvalue weighted by Crippen LogP contribution is 2.38. The normalized spacial score (nSPS) is 10.6. The van der Waals surface area contributed by atoms with E-state index in [1.165, 1.54) is 20.3 Å². The molecule has 118 valence electrons. The summed E-state index contributed by atoms with van der Waals surface area (Å²) >= 11 is 0. The van der Waals surface area contributed by atoms with Crippen molar-refractivity contribution in [3.8, 4) is 34.0 Å². The molecular formula is C15H14FN5O2. The van der Waals surface area contributed by atoms with Gasteiger partial charge < -0.3 is 15.2 Å². The van der Waals surface area contributed by atoms with Gasteiger partial charge in [-0.15, -0.1) is 5.10 Å². The molecule has 0 aliphatic heterocycles. The minimum atomic E-state index is -0.483. The minimum Gasteiger partial charge on any atom is -0.493 e. The fourth-order valence-electron chi connectivity index (χ4n) is 2.37. The Morgan fingerprint density at radius 2 is 1.87 bits per heavy atom. The van der Waals surface area contributed by atoms with Crippen molar-refractivity contribution in [2.75, 3.05) is 20.0 Å². The standard InChI is InChI=1S/C15H14FN5O2/c1-22-12-4-3-8(5-13(12)23-2)14-10(15-18-20-21-19-15)6-9(17)7-11(14)16/h3-7H,17H2,1-2H3,(H,18,19,20,21). The quantitative estimate of drug-likeness (QED) is 0.717. The molecule has 3 aromatic rings. The number of hydrogen-bond acceptors (Lipinski definition) is 6. The van der Waals surface area contributed by atoms with Gasteiger partial charge in [0.15, 0.2) is 17.3 Å². The Morgan fingerprint density at radius 1 is 1.09 bits per heavy atom. The van der Waals surface area contributed by atoms with Gasteiger partial charge in [0.2, 0.25) is 0 Å². The maximum Gasteiger partial charge on any atom is 0.180 e. The lowest BCUT2D eigenvalue weighted by Crippen LogP contribution is -1.97. The molecule has 0 saturated heterocycles. The molecule has 0 bridgehead atoms. The van der Waals surface area contributed by atoms with Crippen LogP contribution < -0.4 is 15.2 Å². The summed E-state index contributed by atoms with van der Waals surface area (Å²) in [4.78, 5) is 0. The first kappa shape index (κ1) is 14.8. The molecule has 23 heavy (non-hydrogen) atoms. The molecule has 0 aliphatic carbocycles. The van der Waals surface area contributed by atoms with Gasteiger partial charge in [-0.2, -0.15) is 0 Å². The van der Waals surface area contributed by atoms with Crippen molar-refractivity contribution >= 4 is 5.69 Å². The van der Waals surface area contributed by atoms with E-state index in [-0.39, 0.29) is 5.69 Å². The van der Waals surface area contributed by atoms with Crippen LogP contribution in [0.25, 0.3) is 22.5 Å². The van der Waals surface area contributed by atoms with E-state index in [2.05, 4.69) is 20.6 Å². The number of aromatic amines is 1. The molecule has 0 radical (unpaired) electrons. The van der Waals surface area contributed by atoms with E-state index in [1.807, 2.05) is 0 Å². The molecule has 8 heteroatoms. The average molecular weight is 315 g/mol. The molecule has 3 N–H and O–H groups in total. The fourth-order valence-corrected chi connectivity index (χ4v) is 2.37. The van der Waals surface area contributed by atoms with Gasteiger partial charge >= 0.3 is 0 Å². The van der Waals surface area contributed by atoms with E-state index in [4.69, 9.17) is 15.2 Å². The number of tetrazole rings is 1. The third-order valence-corrected chi connectivity index (χ3v) is 3.39. The molecular weight excluding hydrogens is 301 g/mol. The maximum absolute atomic E-state index is 14.6. The van der Waals surface area contributed by atoms with Crippen molar-refractivity contribution in [3.63, 3.8) is 0 Å². The molecule has 0 spiro atoms. The highest BCUT2D eigenvalue weighted by atomic mass is 19.1. The van der Waals surface area contributed by atoms with Crippen LogP contribution >= 0.6 is 0 Å². The Labute approximate surface area is 131 Å². The summed E-state index contributed by atoms with van der Waals surface area (Å²) in [5.74, 6) is 0.877. The molecule has 0 atom stereocenters. The van der Waals surface area contributed by atoms with Crippen LogP contribution in [0.15, 0.2) is 30.3 Å². The first-order valence-electron chi connectivity index (χ1n) is 6.69. The van der Waals surface area contributed by atoms with Gasteiger partial charge in [0.25, 0.3) is 0 Å². The number of nitrogens with zero attached hydrogens (tertiary/aromatic N) is 3. The number of anilines is 1. The lowest BCUT2D eigenvalue weighted by molar-refractivity contribution is 0.355. The van der Waals surface area contributed by atoms with E-state index < -0.39 is 5.82 Å². The molecule has 7 nitrogen and oxygen atoms in total. The van der Waals surface area contributed by atoms with Gasteiger partial charge in [-0.1, -0.05) is 6.07 Å². The van der Waals surface area contributed by atoms with Crippen molar-refractivity contribution < 1.29 is 13.9 Å². The lowest BCUT2D eigenvalue weighted by Gasteiger charge is -2.13. The fraction of sp³-hybridized carbons (Fsp3) is 0.133. The third-order valence-electron chi connectivity index (χ3n) is 3.39. The van der Waals surface area contributed by atoms with Gasteiger partial charge in [-0.25, -0.2) is 9.49 Å². The zero-order chi connectivity index (χ0) is 16.4. The van der Waals surface area contributed by atoms with Crippen LogP contribution in [0.4, 0.5) is 10.1 Å². The second-order valence-corrected chi connectivity index (χ2v) is 4.74. The number of aromatic nitrogens is 4. The predicted molar refractivity (Wildman–Crippen MR) is 82.5 cm³/mol. The number of nitrogen functional groups attached to an aromatic ring is 1.